The smallest absolute Gasteiger partial charge is 0.266 e. The molecule has 8 nitrogen and oxygen atoms in total. The van der Waals surface area contributed by atoms with Crippen molar-refractivity contribution in [1.82, 2.24) is 10.2 Å². The Labute approximate surface area is 128 Å². The van der Waals surface area contributed by atoms with Crippen LogP contribution in [0.1, 0.15) is 10.4 Å². The molecule has 0 aliphatic rings. The van der Waals surface area contributed by atoms with Gasteiger partial charge in [0.1, 0.15) is 22.0 Å². The van der Waals surface area contributed by atoms with Crippen molar-refractivity contribution >= 4 is 37.7 Å². The summed E-state index contributed by atoms with van der Waals surface area (Å²) in [6.07, 6.45) is 1.14. The highest BCUT2D eigenvalue weighted by molar-refractivity contribution is 9.10. The molecule has 4 N–H and O–H groups in total. The molecule has 0 aliphatic carbocycles. The maximum absolute atomic E-state index is 12.4. The first-order valence-electron chi connectivity index (χ1n) is 5.54. The Bertz CT molecular complexity index is 787. The monoisotopic (exact) mass is 374 g/mol. The molecule has 0 unspecified atom stereocenters. The van der Waals surface area contributed by atoms with Crippen LogP contribution in [0.15, 0.2) is 33.8 Å². The summed E-state index contributed by atoms with van der Waals surface area (Å²) in [5, 5.41) is 5.96. The summed E-state index contributed by atoms with van der Waals surface area (Å²) < 4.78 is 32.6. The van der Waals surface area contributed by atoms with Crippen molar-refractivity contribution in [2.45, 2.75) is 4.90 Å². The first kappa shape index (κ1) is 15.3. The maximum atomic E-state index is 12.4. The molecule has 0 fully saturated rings. The van der Waals surface area contributed by atoms with E-state index in [-0.39, 0.29) is 22.0 Å². The van der Waals surface area contributed by atoms with Crippen molar-refractivity contribution in [2.75, 3.05) is 11.8 Å². The van der Waals surface area contributed by atoms with Gasteiger partial charge in [-0.2, -0.15) is 5.10 Å². The molecule has 2 rings (SSSR count). The molecule has 1 aromatic heterocycles. The fraction of sp³-hybridized carbons (Fsp3) is 0.0909. The van der Waals surface area contributed by atoms with Gasteiger partial charge in [0.25, 0.3) is 15.9 Å². The number of carbonyl (C=O) groups excluding carboxylic acids is 1. The number of primary amides is 1. The number of sulfonamides is 1. The average Bonchev–Trinajstić information content (AvgIpc) is 2.86. The molecule has 21 heavy (non-hydrogen) atoms. The molecule has 0 aliphatic heterocycles. The van der Waals surface area contributed by atoms with E-state index in [0.717, 1.165) is 6.20 Å². The van der Waals surface area contributed by atoms with Crippen molar-refractivity contribution in [3.63, 3.8) is 0 Å². The third-order valence-electron chi connectivity index (χ3n) is 2.56. The summed E-state index contributed by atoms with van der Waals surface area (Å²) in [6.45, 7) is 0. The van der Waals surface area contributed by atoms with Gasteiger partial charge in [-0.25, -0.2) is 8.42 Å². The lowest BCUT2D eigenvalue weighted by atomic mass is 10.3. The van der Waals surface area contributed by atoms with Crippen LogP contribution >= 0.6 is 15.9 Å². The lowest BCUT2D eigenvalue weighted by molar-refractivity contribution is 0.100. The minimum absolute atomic E-state index is 0.0625. The zero-order valence-electron chi connectivity index (χ0n) is 10.8. The van der Waals surface area contributed by atoms with Crippen LogP contribution < -0.4 is 15.2 Å². The van der Waals surface area contributed by atoms with Crippen molar-refractivity contribution in [3.05, 3.63) is 34.4 Å². The number of anilines is 1. The van der Waals surface area contributed by atoms with Gasteiger partial charge in [0.2, 0.25) is 0 Å². The van der Waals surface area contributed by atoms with E-state index in [0.29, 0.717) is 4.47 Å². The molecule has 1 amide bonds. The summed E-state index contributed by atoms with van der Waals surface area (Å²) in [4.78, 5) is 11.1. The normalized spacial score (nSPS) is 11.1. The van der Waals surface area contributed by atoms with Crippen LogP contribution in [0, 0.1) is 0 Å². The average molecular weight is 375 g/mol. The number of hydrogen-bond donors (Lipinski definition) is 3. The van der Waals surface area contributed by atoms with Crippen molar-refractivity contribution < 1.29 is 17.9 Å². The number of methoxy groups -OCH3 is 1. The van der Waals surface area contributed by atoms with Crippen LogP contribution in [0.25, 0.3) is 0 Å². The van der Waals surface area contributed by atoms with Crippen LogP contribution in [-0.4, -0.2) is 31.6 Å². The third kappa shape index (κ3) is 3.16. The first-order valence-corrected chi connectivity index (χ1v) is 7.82. The SMILES string of the molecule is COc1ccc(Br)cc1S(=O)(=O)Nc1[nH]ncc1C(N)=O. The molecule has 0 atom stereocenters. The first-order chi connectivity index (χ1) is 9.85. The van der Waals surface area contributed by atoms with E-state index >= 15 is 0 Å². The van der Waals surface area contributed by atoms with Gasteiger partial charge in [-0.1, -0.05) is 15.9 Å². The summed E-state index contributed by atoms with van der Waals surface area (Å²) >= 11 is 3.19. The van der Waals surface area contributed by atoms with Crippen molar-refractivity contribution in [2.24, 2.45) is 5.73 Å². The van der Waals surface area contributed by atoms with E-state index < -0.39 is 15.9 Å². The van der Waals surface area contributed by atoms with Gasteiger partial charge in [-0.3, -0.25) is 14.6 Å². The van der Waals surface area contributed by atoms with E-state index in [1.165, 1.54) is 19.2 Å². The van der Waals surface area contributed by atoms with Gasteiger partial charge in [0.15, 0.2) is 0 Å². The number of benzene rings is 1. The number of nitrogens with two attached hydrogens (primary N) is 1. The quantitative estimate of drug-likeness (QED) is 0.721. The Balaban J connectivity index is 2.46. The van der Waals surface area contributed by atoms with Gasteiger partial charge in [0, 0.05) is 4.47 Å². The molecule has 0 saturated heterocycles. The van der Waals surface area contributed by atoms with Crippen molar-refractivity contribution in [3.8, 4) is 5.75 Å². The Kier molecular flexibility index (Phi) is 4.19. The number of amides is 1. The molecule has 0 spiro atoms. The molecule has 10 heteroatoms. The van der Waals surface area contributed by atoms with Gasteiger partial charge in [0.05, 0.1) is 13.3 Å². The maximum Gasteiger partial charge on any atom is 0.266 e. The van der Waals surface area contributed by atoms with E-state index in [4.69, 9.17) is 10.5 Å². The molecular weight excluding hydrogens is 364 g/mol. The van der Waals surface area contributed by atoms with E-state index in [1.807, 2.05) is 0 Å². The highest BCUT2D eigenvalue weighted by Crippen LogP contribution is 2.29. The second-order valence-corrected chi connectivity index (χ2v) is 6.49. The van der Waals surface area contributed by atoms with Crippen LogP contribution in [0.4, 0.5) is 5.82 Å². The predicted molar refractivity (Wildman–Crippen MR) is 78.6 cm³/mol. The Hall–Kier alpha value is -2.07. The summed E-state index contributed by atoms with van der Waals surface area (Å²) in [7, 11) is -2.63. The van der Waals surface area contributed by atoms with Crippen LogP contribution in [0.3, 0.4) is 0 Å². The Morgan fingerprint density at radius 2 is 2.19 bits per heavy atom. The summed E-state index contributed by atoms with van der Waals surface area (Å²) in [5.41, 5.74) is 5.07. The molecule has 1 aromatic carbocycles. The molecule has 1 heterocycles. The molecule has 0 saturated carbocycles. The Morgan fingerprint density at radius 1 is 1.48 bits per heavy atom. The number of carbonyl (C=O) groups is 1. The molecular formula is C11H11BrN4O4S. The van der Waals surface area contributed by atoms with Crippen LogP contribution in [-0.2, 0) is 10.0 Å². The third-order valence-corrected chi connectivity index (χ3v) is 4.42. The number of hydrogen-bond acceptors (Lipinski definition) is 5. The fourth-order valence-electron chi connectivity index (χ4n) is 1.60. The lowest BCUT2D eigenvalue weighted by Gasteiger charge is -2.11. The molecule has 0 bridgehead atoms. The highest BCUT2D eigenvalue weighted by atomic mass is 79.9. The zero-order valence-corrected chi connectivity index (χ0v) is 13.2. The number of aromatic nitrogens is 2. The minimum Gasteiger partial charge on any atom is -0.495 e. The number of nitrogens with zero attached hydrogens (tertiary/aromatic N) is 1. The van der Waals surface area contributed by atoms with Crippen LogP contribution in [0.5, 0.6) is 5.75 Å². The summed E-state index contributed by atoms with van der Waals surface area (Å²) in [5.74, 6) is -0.752. The van der Waals surface area contributed by atoms with Gasteiger partial charge in [-0.15, -0.1) is 0 Å². The Morgan fingerprint density at radius 3 is 2.81 bits per heavy atom. The van der Waals surface area contributed by atoms with Gasteiger partial charge in [-0.05, 0) is 18.2 Å². The van der Waals surface area contributed by atoms with Crippen LogP contribution in [0.2, 0.25) is 0 Å². The topological polar surface area (TPSA) is 127 Å². The van der Waals surface area contributed by atoms with E-state index in [2.05, 4.69) is 30.8 Å². The fourth-order valence-corrected chi connectivity index (χ4v) is 3.35. The van der Waals surface area contributed by atoms with Gasteiger partial charge < -0.3 is 10.5 Å². The second-order valence-electron chi connectivity index (χ2n) is 3.92. The molecule has 2 aromatic rings. The number of H-pyrrole nitrogens is 1. The standard InChI is InChI=1S/C11H11BrN4O4S/c1-20-8-3-2-6(12)4-9(8)21(18,19)16-11-7(10(13)17)5-14-15-11/h2-5H,1H3,(H2,13,17)(H2,14,15,16). The second kappa shape index (κ2) is 5.74. The summed E-state index contributed by atoms with van der Waals surface area (Å²) in [6, 6.07) is 4.52. The lowest BCUT2D eigenvalue weighted by Crippen LogP contribution is -2.18. The van der Waals surface area contributed by atoms with E-state index in [9.17, 15) is 13.2 Å². The number of ether oxygens (including phenoxy) is 1. The minimum atomic E-state index is -3.99. The molecule has 112 valence electrons. The number of rotatable bonds is 5. The van der Waals surface area contributed by atoms with E-state index in [1.54, 1.807) is 6.07 Å². The highest BCUT2D eigenvalue weighted by Gasteiger charge is 2.23. The number of halogens is 1. The number of aromatic amines is 1. The molecule has 0 radical (unpaired) electrons. The number of nitrogens with one attached hydrogen (secondary N) is 2. The van der Waals surface area contributed by atoms with Crippen molar-refractivity contribution in [1.29, 1.82) is 0 Å². The predicted octanol–water partition coefficient (Wildman–Crippen LogP) is 1.08. The largest absolute Gasteiger partial charge is 0.495 e. The zero-order chi connectivity index (χ0) is 15.6. The van der Waals surface area contributed by atoms with Gasteiger partial charge >= 0.3 is 0 Å².